The maximum atomic E-state index is 13.6. The zero-order valence-electron chi connectivity index (χ0n) is 23.1. The Hall–Kier alpha value is -3.98. The maximum Gasteiger partial charge on any atom is 0.451 e. The summed E-state index contributed by atoms with van der Waals surface area (Å²) in [7, 11) is 0. The van der Waals surface area contributed by atoms with Crippen LogP contribution in [0.15, 0.2) is 37.1 Å². The number of rotatable bonds is 6. The molecule has 1 N–H and O–H groups in total. The molecule has 7 heterocycles. The van der Waals surface area contributed by atoms with Crippen molar-refractivity contribution in [3.05, 3.63) is 60.3 Å². The highest BCUT2D eigenvalue weighted by Gasteiger charge is 2.39. The number of piperidine rings is 1. The number of aromatic nitrogens is 7. The van der Waals surface area contributed by atoms with Crippen LogP contribution in [0.1, 0.15) is 41.3 Å². The number of nitrogens with zero attached hydrogens (tertiary/aromatic N) is 9. The Kier molecular flexibility index (Phi) is 7.08. The van der Waals surface area contributed by atoms with Crippen LogP contribution in [0.25, 0.3) is 22.3 Å². The Balaban J connectivity index is 0.959. The normalized spacial score (nSPS) is 21.1. The average Bonchev–Trinajstić information content (AvgIpc) is 3.73. The van der Waals surface area contributed by atoms with E-state index in [0.717, 1.165) is 41.4 Å². The van der Waals surface area contributed by atoms with Crippen LogP contribution in [0.4, 0.5) is 17.6 Å². The molecule has 0 aliphatic carbocycles. The van der Waals surface area contributed by atoms with Crippen LogP contribution in [0.3, 0.4) is 0 Å². The lowest BCUT2D eigenvalue weighted by Crippen LogP contribution is -2.56. The van der Waals surface area contributed by atoms with Crippen LogP contribution in [0.5, 0.6) is 0 Å². The van der Waals surface area contributed by atoms with Gasteiger partial charge in [0.1, 0.15) is 29.9 Å². The molecule has 0 aromatic carbocycles. The van der Waals surface area contributed by atoms with Crippen molar-refractivity contribution in [2.45, 2.75) is 44.2 Å². The van der Waals surface area contributed by atoms with E-state index in [2.05, 4.69) is 34.9 Å². The molecule has 3 fully saturated rings. The molecule has 11 nitrogen and oxygen atoms in total. The number of nitrogens with one attached hydrogen (secondary N) is 1. The van der Waals surface area contributed by atoms with E-state index in [1.165, 1.54) is 12.4 Å². The first-order chi connectivity index (χ1) is 20.7. The summed E-state index contributed by atoms with van der Waals surface area (Å²) in [4.78, 5) is 37.8. The summed E-state index contributed by atoms with van der Waals surface area (Å²) in [5.74, 6) is -1.89. The second-order valence-electron chi connectivity index (χ2n) is 11.3. The van der Waals surface area contributed by atoms with Gasteiger partial charge < -0.3 is 9.88 Å². The van der Waals surface area contributed by atoms with Gasteiger partial charge in [0, 0.05) is 75.2 Å². The lowest BCUT2D eigenvalue weighted by Gasteiger charge is -2.46. The highest BCUT2D eigenvalue weighted by atomic mass is 19.4. The number of likely N-dealkylation sites (tertiary alicyclic amines) is 3. The van der Waals surface area contributed by atoms with Gasteiger partial charge in [-0.25, -0.2) is 24.3 Å². The molecule has 0 spiro atoms. The molecule has 3 aliphatic rings. The van der Waals surface area contributed by atoms with Crippen molar-refractivity contribution in [3.8, 4) is 11.3 Å². The van der Waals surface area contributed by atoms with Crippen molar-refractivity contribution in [2.24, 2.45) is 0 Å². The van der Waals surface area contributed by atoms with Gasteiger partial charge in [0.05, 0.1) is 17.6 Å². The molecule has 7 rings (SSSR count). The molecule has 15 heteroatoms. The molecule has 3 aliphatic heterocycles. The second-order valence-corrected chi connectivity index (χ2v) is 11.3. The summed E-state index contributed by atoms with van der Waals surface area (Å²) in [5.41, 5.74) is 2.27. The fourth-order valence-corrected chi connectivity index (χ4v) is 6.12. The van der Waals surface area contributed by atoms with E-state index < -0.39 is 24.1 Å². The van der Waals surface area contributed by atoms with Crippen LogP contribution in [0.2, 0.25) is 0 Å². The number of hydrogen-bond donors (Lipinski definition) is 1. The number of carbonyl (C=O) groups is 1. The monoisotopic (exact) mass is 597 g/mol. The summed E-state index contributed by atoms with van der Waals surface area (Å²) >= 11 is 0. The van der Waals surface area contributed by atoms with E-state index in [4.69, 9.17) is 0 Å². The number of aromatic amines is 1. The predicted molar refractivity (Wildman–Crippen MR) is 146 cm³/mol. The maximum absolute atomic E-state index is 13.6. The Bertz CT molecular complexity index is 1620. The minimum atomic E-state index is -4.80. The van der Waals surface area contributed by atoms with E-state index in [0.29, 0.717) is 38.9 Å². The Morgan fingerprint density at radius 3 is 2.63 bits per heavy atom. The number of carbonyl (C=O) groups excluding carboxylic acids is 1. The first kappa shape index (κ1) is 27.8. The molecule has 0 bridgehead atoms. The SMILES string of the molecule is O=C(c1cc(CN2CC[C@H](F)C2)nc(C(F)(F)F)n1)N1CCC(N2C[C](n3cc(-c4ncnc5[nH]ccc45)cn3)C2)CC1. The van der Waals surface area contributed by atoms with Gasteiger partial charge in [-0.1, -0.05) is 0 Å². The van der Waals surface area contributed by atoms with Gasteiger partial charge in [-0.05, 0) is 31.4 Å². The Morgan fingerprint density at radius 1 is 1.07 bits per heavy atom. The molecule has 1 radical (unpaired) electrons. The van der Waals surface area contributed by atoms with Crippen molar-refractivity contribution < 1.29 is 22.4 Å². The molecule has 1 atom stereocenters. The van der Waals surface area contributed by atoms with Crippen molar-refractivity contribution in [1.82, 2.24) is 49.4 Å². The summed E-state index contributed by atoms with van der Waals surface area (Å²) in [6.07, 6.45) is 3.03. The molecule has 1 amide bonds. The van der Waals surface area contributed by atoms with Gasteiger partial charge in [0.25, 0.3) is 5.91 Å². The standard InChI is InChI=1S/C28H29F4N10O/c29-18-2-6-39(12-18)13-19-9-23(38-27(37-19)28(30,31)32)26(43)40-7-3-20(4-8-40)41-14-21(15-41)42-11-17(10-36-42)24-22-1-5-33-25(22)35-16-34-24/h1,5,9-11,16,18,20H,2-4,6-8,12-15H2,(H,33,34,35)/t18-/m0/s1. The smallest absolute Gasteiger partial charge is 0.346 e. The Morgan fingerprint density at radius 2 is 1.88 bits per heavy atom. The van der Waals surface area contributed by atoms with Crippen molar-refractivity contribution in [1.29, 1.82) is 0 Å². The fourth-order valence-electron chi connectivity index (χ4n) is 6.12. The third kappa shape index (κ3) is 5.58. The topological polar surface area (TPSA) is 112 Å². The average molecular weight is 598 g/mol. The van der Waals surface area contributed by atoms with Crippen LogP contribution >= 0.6 is 0 Å². The number of halogens is 4. The van der Waals surface area contributed by atoms with Crippen LogP contribution in [0, 0.1) is 6.04 Å². The van der Waals surface area contributed by atoms with Gasteiger partial charge in [-0.3, -0.25) is 19.3 Å². The lowest BCUT2D eigenvalue weighted by molar-refractivity contribution is -0.145. The van der Waals surface area contributed by atoms with Crippen LogP contribution in [-0.4, -0.2) is 107 Å². The minimum Gasteiger partial charge on any atom is -0.346 e. The summed E-state index contributed by atoms with van der Waals surface area (Å²) in [5, 5.41) is 5.47. The van der Waals surface area contributed by atoms with Gasteiger partial charge in [0.2, 0.25) is 5.82 Å². The zero-order valence-corrected chi connectivity index (χ0v) is 23.1. The lowest BCUT2D eigenvalue weighted by atomic mass is 9.97. The molecule has 225 valence electrons. The zero-order chi connectivity index (χ0) is 29.7. The Labute approximate surface area is 243 Å². The van der Waals surface area contributed by atoms with Gasteiger partial charge >= 0.3 is 6.18 Å². The summed E-state index contributed by atoms with van der Waals surface area (Å²) in [6.45, 7) is 2.91. The molecule has 3 saturated heterocycles. The van der Waals surface area contributed by atoms with Gasteiger partial charge in [0.15, 0.2) is 0 Å². The quantitative estimate of drug-likeness (QED) is 0.338. The first-order valence-corrected chi connectivity index (χ1v) is 14.2. The summed E-state index contributed by atoms with van der Waals surface area (Å²) < 4.78 is 56.2. The molecular weight excluding hydrogens is 568 g/mol. The number of amides is 1. The van der Waals surface area contributed by atoms with Crippen molar-refractivity contribution in [3.63, 3.8) is 0 Å². The molecule has 0 saturated carbocycles. The van der Waals surface area contributed by atoms with E-state index in [-0.39, 0.29) is 30.5 Å². The van der Waals surface area contributed by atoms with Gasteiger partial charge in [-0.2, -0.15) is 18.3 Å². The van der Waals surface area contributed by atoms with E-state index in [1.807, 2.05) is 23.1 Å². The summed E-state index contributed by atoms with van der Waals surface area (Å²) in [6, 6.07) is 4.65. The molecule has 4 aromatic rings. The minimum absolute atomic E-state index is 0.0371. The predicted octanol–water partition coefficient (Wildman–Crippen LogP) is 3.17. The van der Waals surface area contributed by atoms with Crippen LogP contribution in [-0.2, 0) is 12.7 Å². The molecular formula is C28H29F4N10O. The van der Waals surface area contributed by atoms with Crippen molar-refractivity contribution >= 4 is 16.9 Å². The molecule has 0 unspecified atom stereocenters. The number of fused-ring (bicyclic) bond motifs is 1. The van der Waals surface area contributed by atoms with Crippen LogP contribution < -0.4 is 0 Å². The largest absolute Gasteiger partial charge is 0.451 e. The number of alkyl halides is 4. The van der Waals surface area contributed by atoms with E-state index in [1.54, 1.807) is 16.0 Å². The van der Waals surface area contributed by atoms with Crippen molar-refractivity contribution in [2.75, 3.05) is 39.3 Å². The number of hydrogen-bond acceptors (Lipinski definition) is 8. The van der Waals surface area contributed by atoms with E-state index in [9.17, 15) is 22.4 Å². The second kappa shape index (κ2) is 10.9. The highest BCUT2D eigenvalue weighted by molar-refractivity contribution is 5.92. The first-order valence-electron chi connectivity index (χ1n) is 14.2. The molecule has 4 aromatic heterocycles. The fraction of sp³-hybridized carbons (Fsp3) is 0.464. The van der Waals surface area contributed by atoms with Gasteiger partial charge in [-0.15, -0.1) is 0 Å². The third-order valence-corrected chi connectivity index (χ3v) is 8.43. The highest BCUT2D eigenvalue weighted by Crippen LogP contribution is 2.31. The number of H-pyrrole nitrogens is 1. The van der Waals surface area contributed by atoms with E-state index >= 15 is 0 Å². The molecule has 43 heavy (non-hydrogen) atoms. The third-order valence-electron chi connectivity index (χ3n) is 8.43.